The van der Waals surface area contributed by atoms with Crippen molar-refractivity contribution in [1.29, 1.82) is 0 Å². The third-order valence-electron chi connectivity index (χ3n) is 3.24. The largest absolute Gasteiger partial charge is 0.314 e. The Hall–Kier alpha value is -0.0400. The lowest BCUT2D eigenvalue weighted by molar-refractivity contribution is 0.0853. The molecule has 0 heterocycles. The zero-order valence-electron chi connectivity index (χ0n) is 10.6. The van der Waals surface area contributed by atoms with Crippen molar-refractivity contribution in [3.63, 3.8) is 0 Å². The molecule has 84 valence electrons. The van der Waals surface area contributed by atoms with E-state index in [0.29, 0.717) is 10.8 Å². The molecule has 1 nitrogen and oxygen atoms in total. The first-order valence-electron chi connectivity index (χ1n) is 6.08. The summed E-state index contributed by atoms with van der Waals surface area (Å²) in [7, 11) is 0. The van der Waals surface area contributed by atoms with Gasteiger partial charge in [0, 0.05) is 6.04 Å². The molecule has 1 heteroatoms. The molecule has 0 spiro atoms. The Morgan fingerprint density at radius 3 is 2.00 bits per heavy atom. The Labute approximate surface area is 89.7 Å². The summed E-state index contributed by atoms with van der Waals surface area (Å²) < 4.78 is 0. The molecule has 1 aliphatic rings. The minimum Gasteiger partial charge on any atom is -0.314 e. The van der Waals surface area contributed by atoms with Crippen LogP contribution in [0.25, 0.3) is 0 Å². The predicted octanol–water partition coefficient (Wildman–Crippen LogP) is 3.59. The van der Waals surface area contributed by atoms with Gasteiger partial charge in [0.1, 0.15) is 0 Å². The predicted molar refractivity (Wildman–Crippen MR) is 63.5 cm³/mol. The molecule has 0 radical (unpaired) electrons. The van der Waals surface area contributed by atoms with Crippen molar-refractivity contribution in [1.82, 2.24) is 5.32 Å². The van der Waals surface area contributed by atoms with Gasteiger partial charge in [-0.1, -0.05) is 34.6 Å². The van der Waals surface area contributed by atoms with Gasteiger partial charge in [-0.2, -0.15) is 0 Å². The van der Waals surface area contributed by atoms with Crippen LogP contribution in [0.4, 0.5) is 0 Å². The smallest absolute Gasteiger partial charge is 0.00772 e. The van der Waals surface area contributed by atoms with Gasteiger partial charge in [0.05, 0.1) is 0 Å². The fraction of sp³-hybridized carbons (Fsp3) is 1.00. The van der Waals surface area contributed by atoms with Crippen LogP contribution in [-0.2, 0) is 0 Å². The molecule has 1 fully saturated rings. The summed E-state index contributed by atoms with van der Waals surface area (Å²) in [4.78, 5) is 0. The summed E-state index contributed by atoms with van der Waals surface area (Å²) >= 11 is 0. The second-order valence-corrected chi connectivity index (χ2v) is 6.56. The van der Waals surface area contributed by atoms with E-state index in [-0.39, 0.29) is 0 Å². The maximum Gasteiger partial charge on any atom is 0.00772 e. The summed E-state index contributed by atoms with van der Waals surface area (Å²) in [5, 5.41) is 3.68. The molecule has 0 atom stereocenters. The third-order valence-corrected chi connectivity index (χ3v) is 3.24. The fourth-order valence-electron chi connectivity index (χ4n) is 3.34. The van der Waals surface area contributed by atoms with Crippen molar-refractivity contribution in [2.75, 3.05) is 6.54 Å². The second-order valence-electron chi connectivity index (χ2n) is 6.56. The van der Waals surface area contributed by atoms with E-state index in [1.165, 1.54) is 32.2 Å². The van der Waals surface area contributed by atoms with Gasteiger partial charge in [-0.15, -0.1) is 0 Å². The van der Waals surface area contributed by atoms with Crippen molar-refractivity contribution >= 4 is 0 Å². The van der Waals surface area contributed by atoms with E-state index in [0.717, 1.165) is 6.04 Å². The van der Waals surface area contributed by atoms with E-state index in [1.54, 1.807) is 0 Å². The van der Waals surface area contributed by atoms with Crippen LogP contribution < -0.4 is 5.32 Å². The zero-order chi connectivity index (χ0) is 10.8. The fourth-order valence-corrected chi connectivity index (χ4v) is 3.34. The molecular formula is C13H27N. The highest BCUT2D eigenvalue weighted by Crippen LogP contribution is 2.45. The van der Waals surface area contributed by atoms with E-state index in [1.807, 2.05) is 0 Å². The number of rotatable bonds is 3. The van der Waals surface area contributed by atoms with E-state index in [4.69, 9.17) is 0 Å². The van der Waals surface area contributed by atoms with Gasteiger partial charge in [0.2, 0.25) is 0 Å². The first-order chi connectivity index (χ1) is 6.35. The molecule has 0 aromatic carbocycles. The molecule has 0 unspecified atom stereocenters. The Bertz CT molecular complexity index is 166. The van der Waals surface area contributed by atoms with Crippen LogP contribution in [0.3, 0.4) is 0 Å². The molecule has 0 aromatic heterocycles. The minimum atomic E-state index is 0.521. The Kier molecular flexibility index (Phi) is 3.63. The SMILES string of the molecule is CCCNC1CC(C)(C)CC(C)(C)C1. The first kappa shape index (κ1) is 12.0. The average Bonchev–Trinajstić information content (AvgIpc) is 1.94. The minimum absolute atomic E-state index is 0.521. The van der Waals surface area contributed by atoms with Crippen molar-refractivity contribution in [3.8, 4) is 0 Å². The molecule has 1 rings (SSSR count). The van der Waals surface area contributed by atoms with Gasteiger partial charge in [-0.3, -0.25) is 0 Å². The highest BCUT2D eigenvalue weighted by atomic mass is 14.9. The zero-order valence-corrected chi connectivity index (χ0v) is 10.6. The standard InChI is InChI=1S/C13H27N/c1-6-7-14-11-8-12(2,3)10-13(4,5)9-11/h11,14H,6-10H2,1-5H3. The third kappa shape index (κ3) is 3.61. The van der Waals surface area contributed by atoms with Crippen LogP contribution in [0.5, 0.6) is 0 Å². The second kappa shape index (κ2) is 4.22. The quantitative estimate of drug-likeness (QED) is 0.729. The van der Waals surface area contributed by atoms with Gasteiger partial charge >= 0.3 is 0 Å². The highest BCUT2D eigenvalue weighted by Gasteiger charge is 2.37. The summed E-state index contributed by atoms with van der Waals surface area (Å²) in [5.74, 6) is 0. The molecule has 0 bridgehead atoms. The average molecular weight is 197 g/mol. The maximum absolute atomic E-state index is 3.68. The summed E-state index contributed by atoms with van der Waals surface area (Å²) in [6, 6.07) is 0.744. The molecule has 0 aromatic rings. The van der Waals surface area contributed by atoms with E-state index >= 15 is 0 Å². The monoisotopic (exact) mass is 197 g/mol. The van der Waals surface area contributed by atoms with Gasteiger partial charge in [-0.25, -0.2) is 0 Å². The topological polar surface area (TPSA) is 12.0 Å². The number of nitrogens with one attached hydrogen (secondary N) is 1. The Morgan fingerprint density at radius 1 is 1.07 bits per heavy atom. The van der Waals surface area contributed by atoms with Crippen LogP contribution in [0.15, 0.2) is 0 Å². The van der Waals surface area contributed by atoms with Crippen LogP contribution in [-0.4, -0.2) is 12.6 Å². The van der Waals surface area contributed by atoms with Gasteiger partial charge in [0.15, 0.2) is 0 Å². The van der Waals surface area contributed by atoms with E-state index in [2.05, 4.69) is 39.9 Å². The molecular weight excluding hydrogens is 170 g/mol. The lowest BCUT2D eigenvalue weighted by Crippen LogP contribution is -2.44. The van der Waals surface area contributed by atoms with Crippen molar-refractivity contribution in [2.24, 2.45) is 10.8 Å². The molecule has 1 N–H and O–H groups in total. The normalized spacial score (nSPS) is 26.4. The summed E-state index contributed by atoms with van der Waals surface area (Å²) in [5.41, 5.74) is 1.04. The van der Waals surface area contributed by atoms with E-state index < -0.39 is 0 Å². The van der Waals surface area contributed by atoms with Gasteiger partial charge in [0.25, 0.3) is 0 Å². The highest BCUT2D eigenvalue weighted by molar-refractivity contribution is 4.92. The van der Waals surface area contributed by atoms with Crippen LogP contribution in [0.1, 0.15) is 60.3 Å². The lowest BCUT2D eigenvalue weighted by Gasteiger charge is -2.45. The Balaban J connectivity index is 2.53. The van der Waals surface area contributed by atoms with Crippen molar-refractivity contribution in [3.05, 3.63) is 0 Å². The summed E-state index contributed by atoms with van der Waals surface area (Å²) in [6.07, 6.45) is 5.30. The lowest BCUT2D eigenvalue weighted by atomic mass is 9.63. The molecule has 14 heavy (non-hydrogen) atoms. The van der Waals surface area contributed by atoms with Crippen LogP contribution in [0, 0.1) is 10.8 Å². The number of hydrogen-bond donors (Lipinski definition) is 1. The van der Waals surface area contributed by atoms with Crippen LogP contribution in [0.2, 0.25) is 0 Å². The van der Waals surface area contributed by atoms with Gasteiger partial charge < -0.3 is 5.32 Å². The maximum atomic E-state index is 3.68. The summed E-state index contributed by atoms with van der Waals surface area (Å²) in [6.45, 7) is 13.1. The molecule has 0 saturated heterocycles. The van der Waals surface area contributed by atoms with E-state index in [9.17, 15) is 0 Å². The van der Waals surface area contributed by atoms with Crippen LogP contribution >= 0.6 is 0 Å². The first-order valence-corrected chi connectivity index (χ1v) is 6.08. The molecule has 0 amide bonds. The number of hydrogen-bond acceptors (Lipinski definition) is 1. The Morgan fingerprint density at radius 2 is 1.57 bits per heavy atom. The molecule has 1 aliphatic carbocycles. The molecule has 1 saturated carbocycles. The molecule has 0 aliphatic heterocycles. The van der Waals surface area contributed by atoms with Crippen molar-refractivity contribution < 1.29 is 0 Å². The van der Waals surface area contributed by atoms with Gasteiger partial charge in [-0.05, 0) is 43.1 Å². The van der Waals surface area contributed by atoms with Crippen molar-refractivity contribution in [2.45, 2.75) is 66.3 Å².